The van der Waals surface area contributed by atoms with Gasteiger partial charge in [-0.15, -0.1) is 5.10 Å². The van der Waals surface area contributed by atoms with Crippen molar-refractivity contribution in [2.24, 2.45) is 0 Å². The lowest BCUT2D eigenvalue weighted by molar-refractivity contribution is 0.412. The summed E-state index contributed by atoms with van der Waals surface area (Å²) in [5.74, 6) is 0.719. The van der Waals surface area contributed by atoms with Crippen molar-refractivity contribution >= 4 is 38.1 Å². The monoisotopic (exact) mass is 450 g/mol. The van der Waals surface area contributed by atoms with Crippen LogP contribution in [0.5, 0.6) is 5.75 Å². The third-order valence-electron chi connectivity index (χ3n) is 4.86. The zero-order chi connectivity index (χ0) is 22.5. The lowest BCUT2D eigenvalue weighted by Crippen LogP contribution is -2.10. The molecule has 0 amide bonds. The van der Waals surface area contributed by atoms with E-state index in [1.807, 2.05) is 12.3 Å². The smallest absolute Gasteiger partial charge is 0.229 e. The number of hydrogen-bond donors (Lipinski definition) is 2. The maximum atomic E-state index is 11.6. The number of nitrogens with two attached hydrogens (primary N) is 1. The summed E-state index contributed by atoms with van der Waals surface area (Å²) in [6, 6.07) is 8.56. The van der Waals surface area contributed by atoms with E-state index in [0.29, 0.717) is 45.2 Å². The minimum absolute atomic E-state index is 0.303. The van der Waals surface area contributed by atoms with Crippen molar-refractivity contribution in [3.05, 3.63) is 55.1 Å². The second-order valence-corrected chi connectivity index (χ2v) is 8.84. The molecular weight excluding hydrogens is 432 g/mol. The van der Waals surface area contributed by atoms with Gasteiger partial charge in [0.25, 0.3) is 0 Å². The Balaban J connectivity index is 1.67. The number of benzene rings is 1. The fraction of sp³-hybridized carbons (Fsp3) is 0.100. The highest BCUT2D eigenvalue weighted by Gasteiger charge is 2.17. The lowest BCUT2D eigenvalue weighted by Gasteiger charge is -2.12. The molecule has 12 heteroatoms. The van der Waals surface area contributed by atoms with Gasteiger partial charge in [-0.1, -0.05) is 0 Å². The molecule has 0 aliphatic heterocycles. The number of ether oxygens (including phenoxy) is 1. The largest absolute Gasteiger partial charge is 0.494 e. The second-order valence-electron chi connectivity index (χ2n) is 7.09. The molecule has 0 aliphatic rings. The molecule has 0 saturated carbocycles. The van der Waals surface area contributed by atoms with Gasteiger partial charge in [0.05, 0.1) is 47.4 Å². The van der Waals surface area contributed by atoms with Gasteiger partial charge in [0, 0.05) is 24.7 Å². The summed E-state index contributed by atoms with van der Waals surface area (Å²) in [4.78, 5) is 8.92. The molecule has 3 N–H and O–H groups in total. The summed E-state index contributed by atoms with van der Waals surface area (Å²) in [5, 5.41) is 9.44. The van der Waals surface area contributed by atoms with Gasteiger partial charge in [0.15, 0.2) is 11.5 Å². The van der Waals surface area contributed by atoms with Crippen molar-refractivity contribution in [3.8, 4) is 22.7 Å². The summed E-state index contributed by atoms with van der Waals surface area (Å²) in [6.45, 7) is 0. The maximum absolute atomic E-state index is 11.6. The Morgan fingerprint density at radius 3 is 2.78 bits per heavy atom. The SMILES string of the molecule is COc1cc(NS(C)(=O)=O)ccc1-n1nc(N)c2cnc(-c3cnn4cccnc34)cc21. The standard InChI is InChI=1S/C20H18N8O3S/c1-31-18-8-12(26-32(2,29)30)4-5-16(18)28-17-9-15(23-10-14(17)19(21)25-28)13-11-24-27-7-3-6-22-20(13)27/h3-11,26H,1-2H3,(H2,21,25). The van der Waals surface area contributed by atoms with Gasteiger partial charge in [-0.3, -0.25) is 9.71 Å². The van der Waals surface area contributed by atoms with Gasteiger partial charge in [-0.2, -0.15) is 5.10 Å². The Labute approximate surface area is 182 Å². The molecule has 0 atom stereocenters. The van der Waals surface area contributed by atoms with Gasteiger partial charge < -0.3 is 10.5 Å². The number of sulfonamides is 1. The predicted molar refractivity (Wildman–Crippen MR) is 120 cm³/mol. The van der Waals surface area contributed by atoms with Gasteiger partial charge in [0.2, 0.25) is 10.0 Å². The molecule has 162 valence electrons. The number of aromatic nitrogens is 6. The highest BCUT2D eigenvalue weighted by atomic mass is 32.2. The van der Waals surface area contributed by atoms with E-state index in [0.717, 1.165) is 11.8 Å². The number of nitrogens with one attached hydrogen (secondary N) is 1. The van der Waals surface area contributed by atoms with E-state index in [-0.39, 0.29) is 0 Å². The van der Waals surface area contributed by atoms with E-state index in [9.17, 15) is 8.42 Å². The van der Waals surface area contributed by atoms with Gasteiger partial charge in [-0.25, -0.2) is 22.6 Å². The number of pyridine rings is 1. The molecule has 0 spiro atoms. The predicted octanol–water partition coefficient (Wildman–Crippen LogP) is 2.09. The molecule has 0 radical (unpaired) electrons. The van der Waals surface area contributed by atoms with Crippen molar-refractivity contribution in [3.63, 3.8) is 0 Å². The normalized spacial score (nSPS) is 11.8. The number of methoxy groups -OCH3 is 1. The summed E-state index contributed by atoms with van der Waals surface area (Å²) in [5.41, 5.74) is 9.89. The van der Waals surface area contributed by atoms with Gasteiger partial charge in [0.1, 0.15) is 11.4 Å². The minimum Gasteiger partial charge on any atom is -0.494 e. The first-order valence-corrected chi connectivity index (χ1v) is 11.3. The van der Waals surface area contributed by atoms with Crippen LogP contribution in [0.2, 0.25) is 0 Å². The van der Waals surface area contributed by atoms with Crippen molar-refractivity contribution in [1.82, 2.24) is 29.4 Å². The number of nitrogen functional groups attached to an aromatic ring is 1. The average molecular weight is 450 g/mol. The highest BCUT2D eigenvalue weighted by Crippen LogP contribution is 2.33. The molecule has 1 aromatic carbocycles. The molecule has 11 nitrogen and oxygen atoms in total. The van der Waals surface area contributed by atoms with Crippen LogP contribution < -0.4 is 15.2 Å². The van der Waals surface area contributed by atoms with E-state index in [1.54, 1.807) is 52.1 Å². The third kappa shape index (κ3) is 3.36. The van der Waals surface area contributed by atoms with Crippen LogP contribution in [0.3, 0.4) is 0 Å². The Hall–Kier alpha value is -4.19. The first-order chi connectivity index (χ1) is 15.3. The van der Waals surface area contributed by atoms with Crippen molar-refractivity contribution < 1.29 is 13.2 Å². The van der Waals surface area contributed by atoms with Crippen molar-refractivity contribution in [2.75, 3.05) is 23.8 Å². The first kappa shape index (κ1) is 19.8. The van der Waals surface area contributed by atoms with E-state index in [2.05, 4.69) is 24.9 Å². The first-order valence-electron chi connectivity index (χ1n) is 9.43. The van der Waals surface area contributed by atoms with Crippen LogP contribution in [0.15, 0.2) is 55.1 Å². The number of hydrogen-bond acceptors (Lipinski definition) is 8. The van der Waals surface area contributed by atoms with Crippen molar-refractivity contribution in [2.45, 2.75) is 0 Å². The zero-order valence-electron chi connectivity index (χ0n) is 17.1. The molecule has 4 aromatic heterocycles. The zero-order valence-corrected chi connectivity index (χ0v) is 17.9. The van der Waals surface area contributed by atoms with Crippen LogP contribution >= 0.6 is 0 Å². The topological polar surface area (TPSA) is 142 Å². The van der Waals surface area contributed by atoms with Crippen molar-refractivity contribution in [1.29, 1.82) is 0 Å². The van der Waals surface area contributed by atoms with E-state index >= 15 is 0 Å². The molecular formula is C20H18N8O3S. The molecule has 5 aromatic rings. The Morgan fingerprint density at radius 2 is 2.00 bits per heavy atom. The van der Waals surface area contributed by atoms with Crippen LogP contribution in [0.1, 0.15) is 0 Å². The molecule has 0 bridgehead atoms. The molecule has 5 rings (SSSR count). The molecule has 0 unspecified atom stereocenters. The Bertz CT molecular complexity index is 1590. The summed E-state index contributed by atoms with van der Waals surface area (Å²) in [7, 11) is -1.93. The van der Waals surface area contributed by atoms with Crippen LogP contribution in [-0.4, -0.2) is 51.1 Å². The van der Waals surface area contributed by atoms with Gasteiger partial charge in [-0.05, 0) is 24.3 Å². The molecule has 0 fully saturated rings. The second kappa shape index (κ2) is 7.20. The number of fused-ring (bicyclic) bond motifs is 2. The van der Waals surface area contributed by atoms with E-state index in [4.69, 9.17) is 10.5 Å². The summed E-state index contributed by atoms with van der Waals surface area (Å²) >= 11 is 0. The Kier molecular flexibility index (Phi) is 4.44. The summed E-state index contributed by atoms with van der Waals surface area (Å²) < 4.78 is 34.4. The third-order valence-corrected chi connectivity index (χ3v) is 5.47. The number of nitrogens with zero attached hydrogens (tertiary/aromatic N) is 6. The fourth-order valence-electron chi connectivity index (χ4n) is 3.50. The van der Waals surface area contributed by atoms with E-state index < -0.39 is 10.0 Å². The lowest BCUT2D eigenvalue weighted by atomic mass is 10.2. The molecule has 4 heterocycles. The summed E-state index contributed by atoms with van der Waals surface area (Å²) in [6.07, 6.45) is 7.94. The molecule has 0 saturated heterocycles. The van der Waals surface area contributed by atoms with Crippen LogP contribution in [0, 0.1) is 0 Å². The van der Waals surface area contributed by atoms with Crippen LogP contribution in [0.4, 0.5) is 11.5 Å². The number of rotatable bonds is 5. The Morgan fingerprint density at radius 1 is 1.16 bits per heavy atom. The minimum atomic E-state index is -3.43. The average Bonchev–Trinajstić information content (AvgIpc) is 3.33. The van der Waals surface area contributed by atoms with Crippen LogP contribution in [-0.2, 0) is 10.0 Å². The fourth-order valence-corrected chi connectivity index (χ4v) is 4.06. The maximum Gasteiger partial charge on any atom is 0.229 e. The quantitative estimate of drug-likeness (QED) is 0.414. The van der Waals surface area contributed by atoms with E-state index in [1.165, 1.54) is 7.11 Å². The molecule has 32 heavy (non-hydrogen) atoms. The highest BCUT2D eigenvalue weighted by molar-refractivity contribution is 7.92. The number of anilines is 2. The molecule has 0 aliphatic carbocycles. The van der Waals surface area contributed by atoms with Gasteiger partial charge >= 0.3 is 0 Å². The van der Waals surface area contributed by atoms with Crippen LogP contribution in [0.25, 0.3) is 33.5 Å².